The molecule has 0 aliphatic carbocycles. The van der Waals surface area contributed by atoms with Crippen LogP contribution in [0.1, 0.15) is 10.6 Å². The van der Waals surface area contributed by atoms with Crippen LogP contribution in [0, 0.1) is 0 Å². The summed E-state index contributed by atoms with van der Waals surface area (Å²) in [6.45, 7) is 0. The molecule has 1 N–H and O–H groups in total. The molecule has 0 atom stereocenters. The molecule has 0 saturated heterocycles. The van der Waals surface area contributed by atoms with Crippen molar-refractivity contribution < 1.29 is 17.6 Å². The fourth-order valence-corrected chi connectivity index (χ4v) is 3.41. The van der Waals surface area contributed by atoms with Gasteiger partial charge in [0.25, 0.3) is 15.9 Å². The van der Waals surface area contributed by atoms with Crippen LogP contribution < -0.4 is 5.32 Å². The van der Waals surface area contributed by atoms with Gasteiger partial charge in [-0.05, 0) is 39.5 Å². The van der Waals surface area contributed by atoms with Crippen molar-refractivity contribution in [2.24, 2.45) is 0 Å². The lowest BCUT2D eigenvalue weighted by atomic mass is 10.1. The van der Waals surface area contributed by atoms with Crippen LogP contribution in [0.2, 0.25) is 0 Å². The summed E-state index contributed by atoms with van der Waals surface area (Å²) in [6.07, 6.45) is 0. The molecule has 130 valence electrons. The highest BCUT2D eigenvalue weighted by Crippen LogP contribution is 2.26. The minimum absolute atomic E-state index is 0.119. The van der Waals surface area contributed by atoms with Crippen molar-refractivity contribution in [3.05, 3.63) is 52.8 Å². The summed E-state index contributed by atoms with van der Waals surface area (Å²) in [5, 5.41) is 4.01. The van der Waals surface area contributed by atoms with E-state index in [1.807, 2.05) is 30.3 Å². The normalized spacial score (nSPS) is 11.8. The largest absolute Gasteiger partial charge is 0.438 e. The molecule has 0 unspecified atom stereocenters. The Balaban J connectivity index is 1.93. The third-order valence-corrected chi connectivity index (χ3v) is 5.58. The molecule has 0 saturated carbocycles. The molecular weight excluding hydrogens is 410 g/mol. The lowest BCUT2D eigenvalue weighted by molar-refractivity contribution is 0.0991. The molecule has 0 fully saturated rings. The SMILES string of the molecule is CN(C)S(=O)(=O)c1ccc(C(=O)Nc2nc(Br)cc3ccccc23)o1. The second-order valence-corrected chi connectivity index (χ2v) is 8.27. The topological polar surface area (TPSA) is 92.5 Å². The number of furan rings is 1. The number of nitrogens with one attached hydrogen (secondary N) is 1. The maximum absolute atomic E-state index is 12.4. The molecule has 2 aromatic heterocycles. The first-order valence-electron chi connectivity index (χ1n) is 7.18. The van der Waals surface area contributed by atoms with Gasteiger partial charge in [0.1, 0.15) is 10.4 Å². The Morgan fingerprint density at radius 3 is 2.64 bits per heavy atom. The number of nitrogens with zero attached hydrogens (tertiary/aromatic N) is 2. The van der Waals surface area contributed by atoms with Gasteiger partial charge in [-0.1, -0.05) is 24.3 Å². The van der Waals surface area contributed by atoms with E-state index in [0.29, 0.717) is 10.4 Å². The first-order valence-corrected chi connectivity index (χ1v) is 9.41. The summed E-state index contributed by atoms with van der Waals surface area (Å²) in [5.41, 5.74) is 0. The number of rotatable bonds is 4. The Morgan fingerprint density at radius 1 is 1.20 bits per heavy atom. The Morgan fingerprint density at radius 2 is 1.92 bits per heavy atom. The fraction of sp³-hybridized carbons (Fsp3) is 0.125. The number of anilines is 1. The Hall–Kier alpha value is -2.23. The molecule has 0 bridgehead atoms. The molecule has 3 rings (SSSR count). The van der Waals surface area contributed by atoms with E-state index in [4.69, 9.17) is 4.42 Å². The number of hydrogen-bond donors (Lipinski definition) is 1. The van der Waals surface area contributed by atoms with Gasteiger partial charge in [-0.15, -0.1) is 0 Å². The van der Waals surface area contributed by atoms with E-state index >= 15 is 0 Å². The molecule has 0 spiro atoms. The molecule has 9 heteroatoms. The van der Waals surface area contributed by atoms with Crippen molar-refractivity contribution in [3.8, 4) is 0 Å². The molecule has 1 amide bonds. The molecule has 0 radical (unpaired) electrons. The minimum atomic E-state index is -3.74. The lowest BCUT2D eigenvalue weighted by Gasteiger charge is -2.08. The highest BCUT2D eigenvalue weighted by molar-refractivity contribution is 9.10. The van der Waals surface area contributed by atoms with Crippen LogP contribution in [-0.4, -0.2) is 37.7 Å². The quantitative estimate of drug-likeness (QED) is 0.650. The Labute approximate surface area is 152 Å². The van der Waals surface area contributed by atoms with Gasteiger partial charge in [0, 0.05) is 19.5 Å². The van der Waals surface area contributed by atoms with E-state index in [1.54, 1.807) is 0 Å². The fourth-order valence-electron chi connectivity index (χ4n) is 2.19. The summed E-state index contributed by atoms with van der Waals surface area (Å²) >= 11 is 3.30. The highest BCUT2D eigenvalue weighted by Gasteiger charge is 2.23. The van der Waals surface area contributed by atoms with E-state index in [1.165, 1.54) is 26.2 Å². The zero-order valence-corrected chi connectivity index (χ0v) is 15.8. The molecule has 25 heavy (non-hydrogen) atoms. The number of hydrogen-bond acceptors (Lipinski definition) is 5. The van der Waals surface area contributed by atoms with E-state index in [0.717, 1.165) is 15.1 Å². The van der Waals surface area contributed by atoms with Crippen molar-refractivity contribution in [3.63, 3.8) is 0 Å². The van der Waals surface area contributed by atoms with E-state index in [-0.39, 0.29) is 10.9 Å². The standard InChI is InChI=1S/C16H14BrN3O4S/c1-20(2)25(22,23)14-8-7-12(24-14)16(21)19-15-11-6-4-3-5-10(11)9-13(17)18-15/h3-9H,1-2H3,(H,18,19,21). The first-order chi connectivity index (χ1) is 11.8. The van der Waals surface area contributed by atoms with Gasteiger partial charge in [0.2, 0.25) is 5.09 Å². The number of benzene rings is 1. The zero-order valence-electron chi connectivity index (χ0n) is 13.4. The number of halogens is 1. The van der Waals surface area contributed by atoms with Gasteiger partial charge in [-0.2, -0.15) is 0 Å². The van der Waals surface area contributed by atoms with Gasteiger partial charge in [0.15, 0.2) is 5.76 Å². The van der Waals surface area contributed by atoms with Gasteiger partial charge >= 0.3 is 0 Å². The lowest BCUT2D eigenvalue weighted by Crippen LogP contribution is -2.21. The molecule has 7 nitrogen and oxygen atoms in total. The van der Waals surface area contributed by atoms with Crippen molar-refractivity contribution >= 4 is 48.5 Å². The summed E-state index contributed by atoms with van der Waals surface area (Å²) in [4.78, 5) is 16.7. The van der Waals surface area contributed by atoms with Crippen LogP contribution in [-0.2, 0) is 10.0 Å². The van der Waals surface area contributed by atoms with E-state index < -0.39 is 15.9 Å². The smallest absolute Gasteiger partial charge is 0.292 e. The zero-order chi connectivity index (χ0) is 18.2. The average molecular weight is 424 g/mol. The number of amides is 1. The minimum Gasteiger partial charge on any atom is -0.438 e. The third-order valence-electron chi connectivity index (χ3n) is 3.48. The first kappa shape index (κ1) is 17.6. The number of fused-ring (bicyclic) bond motifs is 1. The van der Waals surface area contributed by atoms with Crippen LogP contribution in [0.5, 0.6) is 0 Å². The molecule has 1 aromatic carbocycles. The predicted molar refractivity (Wildman–Crippen MR) is 97.0 cm³/mol. The highest BCUT2D eigenvalue weighted by atomic mass is 79.9. The van der Waals surface area contributed by atoms with Gasteiger partial charge in [-0.25, -0.2) is 17.7 Å². The number of sulfonamides is 1. The van der Waals surface area contributed by atoms with Gasteiger partial charge in [-0.3, -0.25) is 4.79 Å². The number of aromatic nitrogens is 1. The van der Waals surface area contributed by atoms with Crippen LogP contribution >= 0.6 is 15.9 Å². The predicted octanol–water partition coefficient (Wildman–Crippen LogP) is 3.09. The summed E-state index contributed by atoms with van der Waals surface area (Å²) < 4.78 is 30.8. The van der Waals surface area contributed by atoms with Crippen LogP contribution in [0.4, 0.5) is 5.82 Å². The van der Waals surface area contributed by atoms with Crippen molar-refractivity contribution in [2.45, 2.75) is 5.09 Å². The van der Waals surface area contributed by atoms with E-state index in [2.05, 4.69) is 26.2 Å². The van der Waals surface area contributed by atoms with E-state index in [9.17, 15) is 13.2 Å². The van der Waals surface area contributed by atoms with Crippen molar-refractivity contribution in [2.75, 3.05) is 19.4 Å². The van der Waals surface area contributed by atoms with Crippen LogP contribution in [0.15, 0.2) is 56.6 Å². The molecular formula is C16H14BrN3O4S. The Kier molecular flexibility index (Phi) is 4.63. The molecule has 0 aliphatic rings. The molecule has 3 aromatic rings. The van der Waals surface area contributed by atoms with Crippen molar-refractivity contribution in [1.82, 2.24) is 9.29 Å². The second-order valence-electron chi connectivity index (χ2n) is 5.37. The molecule has 2 heterocycles. The van der Waals surface area contributed by atoms with Crippen LogP contribution in [0.3, 0.4) is 0 Å². The van der Waals surface area contributed by atoms with Crippen molar-refractivity contribution in [1.29, 1.82) is 0 Å². The summed E-state index contributed by atoms with van der Waals surface area (Å²) in [7, 11) is -0.972. The van der Waals surface area contributed by atoms with Gasteiger partial charge < -0.3 is 9.73 Å². The number of carbonyl (C=O) groups is 1. The average Bonchev–Trinajstić information content (AvgIpc) is 3.05. The number of pyridine rings is 1. The number of carbonyl (C=O) groups excluding carboxylic acids is 1. The maximum atomic E-state index is 12.4. The monoisotopic (exact) mass is 423 g/mol. The maximum Gasteiger partial charge on any atom is 0.292 e. The summed E-state index contributed by atoms with van der Waals surface area (Å²) in [5.74, 6) is -0.356. The molecule has 0 aliphatic heterocycles. The Bertz CT molecular complexity index is 1060. The van der Waals surface area contributed by atoms with Crippen LogP contribution in [0.25, 0.3) is 10.8 Å². The van der Waals surface area contributed by atoms with Gasteiger partial charge in [0.05, 0.1) is 0 Å². The third kappa shape index (κ3) is 3.44. The second kappa shape index (κ2) is 6.58. The summed E-state index contributed by atoms with van der Waals surface area (Å²) in [6, 6.07) is 11.8.